The fraction of sp³-hybridized carbons (Fsp3) is 0.364. The van der Waals surface area contributed by atoms with Gasteiger partial charge in [-0.1, -0.05) is 6.92 Å². The number of carbonyl (C=O) groups is 1. The molecule has 0 heterocycles. The first kappa shape index (κ1) is 11.1. The van der Waals surface area contributed by atoms with Gasteiger partial charge in [-0.3, -0.25) is 4.79 Å². The minimum atomic E-state index is 0.128. The second-order valence-corrected chi connectivity index (χ2v) is 3.37. The minimum absolute atomic E-state index is 0.128. The van der Waals surface area contributed by atoms with Gasteiger partial charge >= 0.3 is 0 Å². The summed E-state index contributed by atoms with van der Waals surface area (Å²) in [6.45, 7) is 4.37. The maximum atomic E-state index is 11.4. The van der Waals surface area contributed by atoms with E-state index in [-0.39, 0.29) is 5.78 Å². The van der Waals surface area contributed by atoms with Crippen LogP contribution in [0.5, 0.6) is 5.75 Å². The van der Waals surface area contributed by atoms with E-state index in [2.05, 4.69) is 12.6 Å². The molecule has 0 aliphatic heterocycles. The predicted molar refractivity (Wildman–Crippen MR) is 59.5 cm³/mol. The molecular formula is C11H14O2S. The number of hydrogen-bond donors (Lipinski definition) is 1. The van der Waals surface area contributed by atoms with E-state index in [4.69, 9.17) is 4.74 Å². The quantitative estimate of drug-likeness (QED) is 0.611. The Morgan fingerprint density at radius 1 is 1.43 bits per heavy atom. The average molecular weight is 210 g/mol. The van der Waals surface area contributed by atoms with Crippen LogP contribution in [-0.2, 0) is 0 Å². The maximum absolute atomic E-state index is 11.4. The van der Waals surface area contributed by atoms with Crippen LogP contribution < -0.4 is 4.74 Å². The zero-order valence-corrected chi connectivity index (χ0v) is 9.30. The number of Topliss-reactive ketones (excluding diaryl/α,β-unsaturated/α-hetero) is 1. The SMILES string of the molecule is CCOc1ccc(C(=O)CC)cc1S. The lowest BCUT2D eigenvalue weighted by molar-refractivity contribution is 0.0988. The number of benzene rings is 1. The highest BCUT2D eigenvalue weighted by Gasteiger charge is 2.06. The molecule has 0 saturated carbocycles. The van der Waals surface area contributed by atoms with Gasteiger partial charge in [-0.2, -0.15) is 0 Å². The lowest BCUT2D eigenvalue weighted by Crippen LogP contribution is -1.98. The predicted octanol–water partition coefficient (Wildman–Crippen LogP) is 2.97. The van der Waals surface area contributed by atoms with Crippen LogP contribution in [0.1, 0.15) is 30.6 Å². The molecule has 14 heavy (non-hydrogen) atoms. The van der Waals surface area contributed by atoms with Crippen LogP contribution in [0.4, 0.5) is 0 Å². The van der Waals surface area contributed by atoms with Crippen molar-refractivity contribution in [2.75, 3.05) is 6.61 Å². The topological polar surface area (TPSA) is 26.3 Å². The highest BCUT2D eigenvalue weighted by molar-refractivity contribution is 7.80. The zero-order chi connectivity index (χ0) is 10.6. The van der Waals surface area contributed by atoms with Crippen molar-refractivity contribution in [1.29, 1.82) is 0 Å². The number of carbonyl (C=O) groups excluding carboxylic acids is 1. The first-order valence-electron chi connectivity index (χ1n) is 4.68. The van der Waals surface area contributed by atoms with E-state index in [0.717, 1.165) is 5.75 Å². The summed E-state index contributed by atoms with van der Waals surface area (Å²) in [5, 5.41) is 0. The summed E-state index contributed by atoms with van der Waals surface area (Å²) in [5.41, 5.74) is 0.695. The van der Waals surface area contributed by atoms with Gasteiger partial charge in [0.2, 0.25) is 0 Å². The average Bonchev–Trinajstić information content (AvgIpc) is 2.20. The van der Waals surface area contributed by atoms with Crippen LogP contribution in [-0.4, -0.2) is 12.4 Å². The molecule has 0 amide bonds. The molecule has 1 aromatic carbocycles. The van der Waals surface area contributed by atoms with Gasteiger partial charge in [0.05, 0.1) is 6.61 Å². The van der Waals surface area contributed by atoms with Gasteiger partial charge in [-0.15, -0.1) is 12.6 Å². The lowest BCUT2D eigenvalue weighted by atomic mass is 10.1. The summed E-state index contributed by atoms with van der Waals surface area (Å²) >= 11 is 4.26. The fourth-order valence-electron chi connectivity index (χ4n) is 1.17. The van der Waals surface area contributed by atoms with E-state index in [0.29, 0.717) is 23.5 Å². The van der Waals surface area contributed by atoms with Crippen molar-refractivity contribution in [1.82, 2.24) is 0 Å². The molecule has 1 rings (SSSR count). The van der Waals surface area contributed by atoms with Crippen LogP contribution in [0, 0.1) is 0 Å². The monoisotopic (exact) mass is 210 g/mol. The van der Waals surface area contributed by atoms with Crippen LogP contribution in [0.25, 0.3) is 0 Å². The molecule has 1 aromatic rings. The largest absolute Gasteiger partial charge is 0.493 e. The van der Waals surface area contributed by atoms with Crippen molar-refractivity contribution >= 4 is 18.4 Å². The standard InChI is InChI=1S/C11H14O2S/c1-3-9(12)8-5-6-10(13-4-2)11(14)7-8/h5-7,14H,3-4H2,1-2H3. The summed E-state index contributed by atoms with van der Waals surface area (Å²) in [6, 6.07) is 5.31. The van der Waals surface area contributed by atoms with E-state index >= 15 is 0 Å². The van der Waals surface area contributed by atoms with E-state index in [1.54, 1.807) is 18.2 Å². The highest BCUT2D eigenvalue weighted by Crippen LogP contribution is 2.24. The Balaban J connectivity index is 2.94. The molecule has 0 N–H and O–H groups in total. The molecule has 0 atom stereocenters. The lowest BCUT2D eigenvalue weighted by Gasteiger charge is -2.07. The smallest absolute Gasteiger partial charge is 0.162 e. The van der Waals surface area contributed by atoms with E-state index < -0.39 is 0 Å². The Bertz CT molecular complexity index is 334. The van der Waals surface area contributed by atoms with Crippen LogP contribution in [0.15, 0.2) is 23.1 Å². The van der Waals surface area contributed by atoms with Crippen molar-refractivity contribution in [3.63, 3.8) is 0 Å². The Hall–Kier alpha value is -0.960. The van der Waals surface area contributed by atoms with Crippen LogP contribution in [0.2, 0.25) is 0 Å². The molecule has 0 saturated heterocycles. The van der Waals surface area contributed by atoms with Gasteiger partial charge in [-0.25, -0.2) is 0 Å². The van der Waals surface area contributed by atoms with Gasteiger partial charge in [0, 0.05) is 16.9 Å². The minimum Gasteiger partial charge on any atom is -0.493 e. The Morgan fingerprint density at radius 2 is 2.14 bits per heavy atom. The molecule has 0 aliphatic rings. The second kappa shape index (κ2) is 5.05. The Kier molecular flexibility index (Phi) is 4.01. The third-order valence-electron chi connectivity index (χ3n) is 1.90. The van der Waals surface area contributed by atoms with Gasteiger partial charge in [0.1, 0.15) is 5.75 Å². The van der Waals surface area contributed by atoms with E-state index in [1.807, 2.05) is 13.8 Å². The summed E-state index contributed by atoms with van der Waals surface area (Å²) in [5.74, 6) is 0.854. The molecule has 0 fully saturated rings. The van der Waals surface area contributed by atoms with Crippen LogP contribution in [0.3, 0.4) is 0 Å². The summed E-state index contributed by atoms with van der Waals surface area (Å²) in [6.07, 6.45) is 0.515. The molecule has 2 nitrogen and oxygen atoms in total. The fourth-order valence-corrected chi connectivity index (χ4v) is 1.45. The number of thiol groups is 1. The first-order chi connectivity index (χ1) is 6.69. The highest BCUT2D eigenvalue weighted by atomic mass is 32.1. The number of ketones is 1. The molecule has 0 spiro atoms. The van der Waals surface area contributed by atoms with Crippen molar-refractivity contribution in [3.05, 3.63) is 23.8 Å². The summed E-state index contributed by atoms with van der Waals surface area (Å²) in [7, 11) is 0. The molecule has 0 aromatic heterocycles. The number of ether oxygens (including phenoxy) is 1. The van der Waals surface area contributed by atoms with Gasteiger partial charge in [0.15, 0.2) is 5.78 Å². The molecule has 0 unspecified atom stereocenters. The molecule has 0 bridgehead atoms. The van der Waals surface area contributed by atoms with Crippen molar-refractivity contribution in [2.24, 2.45) is 0 Å². The van der Waals surface area contributed by atoms with Gasteiger partial charge in [-0.05, 0) is 25.1 Å². The molecule has 3 heteroatoms. The summed E-state index contributed by atoms with van der Waals surface area (Å²) in [4.78, 5) is 12.1. The third kappa shape index (κ3) is 2.51. The number of hydrogen-bond acceptors (Lipinski definition) is 3. The van der Waals surface area contributed by atoms with Crippen molar-refractivity contribution in [2.45, 2.75) is 25.2 Å². The first-order valence-corrected chi connectivity index (χ1v) is 5.12. The molecule has 0 aliphatic carbocycles. The third-order valence-corrected chi connectivity index (χ3v) is 2.25. The maximum Gasteiger partial charge on any atom is 0.162 e. The van der Waals surface area contributed by atoms with Gasteiger partial charge in [0.25, 0.3) is 0 Å². The number of rotatable bonds is 4. The van der Waals surface area contributed by atoms with Crippen molar-refractivity contribution < 1.29 is 9.53 Å². The Morgan fingerprint density at radius 3 is 2.64 bits per heavy atom. The van der Waals surface area contributed by atoms with Crippen molar-refractivity contribution in [3.8, 4) is 5.75 Å². The van der Waals surface area contributed by atoms with E-state index in [9.17, 15) is 4.79 Å². The molecular weight excluding hydrogens is 196 g/mol. The Labute approximate surface area is 89.7 Å². The summed E-state index contributed by atoms with van der Waals surface area (Å²) < 4.78 is 5.32. The van der Waals surface area contributed by atoms with E-state index in [1.165, 1.54) is 0 Å². The molecule has 0 radical (unpaired) electrons. The second-order valence-electron chi connectivity index (χ2n) is 2.89. The normalized spacial score (nSPS) is 9.93. The van der Waals surface area contributed by atoms with Crippen LogP contribution >= 0.6 is 12.6 Å². The molecule has 76 valence electrons. The zero-order valence-electron chi connectivity index (χ0n) is 8.41. The van der Waals surface area contributed by atoms with Gasteiger partial charge < -0.3 is 4.74 Å².